The van der Waals surface area contributed by atoms with Gasteiger partial charge in [0.2, 0.25) is 0 Å². The molecular weight excluding hydrogens is 130 g/mol. The molecule has 0 amide bonds. The number of hydrogen-bond acceptors (Lipinski definition) is 3. The number of ether oxygens (including phenoxy) is 1. The second-order valence-corrected chi connectivity index (χ2v) is 2.63. The van der Waals surface area contributed by atoms with Crippen molar-refractivity contribution >= 4 is 0 Å². The Kier molecular flexibility index (Phi) is 3.12. The minimum absolute atomic E-state index is 0.555. The molecule has 1 fully saturated rings. The number of hydrogen-bond donors (Lipinski definition) is 1. The first-order valence-corrected chi connectivity index (χ1v) is 3.85. The Bertz CT molecular complexity index is 95.6. The molecule has 0 spiro atoms. The van der Waals surface area contributed by atoms with Gasteiger partial charge in [-0.3, -0.25) is 4.90 Å². The monoisotopic (exact) mass is 145 g/mol. The molecule has 0 radical (unpaired) electrons. The third-order valence-electron chi connectivity index (χ3n) is 1.67. The summed E-state index contributed by atoms with van der Waals surface area (Å²) in [5, 5.41) is 9.04. The van der Waals surface area contributed by atoms with Crippen molar-refractivity contribution in [3.8, 4) is 0 Å². The molecule has 1 heterocycles. The first-order chi connectivity index (χ1) is 4.83. The standard InChI is InChI=1S/C7H15NO2/c1-2-3-8-4-5-10-7(9)6-8/h7,9H,2-6H2,1H3. The molecule has 0 aromatic carbocycles. The largest absolute Gasteiger partial charge is 0.367 e. The van der Waals surface area contributed by atoms with Crippen LogP contribution in [0.4, 0.5) is 0 Å². The summed E-state index contributed by atoms with van der Waals surface area (Å²) in [6.45, 7) is 5.52. The second-order valence-electron chi connectivity index (χ2n) is 2.63. The molecule has 1 atom stereocenters. The molecule has 0 bridgehead atoms. The highest BCUT2D eigenvalue weighted by Gasteiger charge is 2.16. The van der Waals surface area contributed by atoms with Crippen LogP contribution in [0.3, 0.4) is 0 Å². The molecule has 3 heteroatoms. The van der Waals surface area contributed by atoms with Crippen LogP contribution in [0.25, 0.3) is 0 Å². The topological polar surface area (TPSA) is 32.7 Å². The fourth-order valence-electron chi connectivity index (χ4n) is 1.20. The fraction of sp³-hybridized carbons (Fsp3) is 1.00. The van der Waals surface area contributed by atoms with Gasteiger partial charge < -0.3 is 9.84 Å². The normalized spacial score (nSPS) is 28.8. The van der Waals surface area contributed by atoms with Crippen LogP contribution in [-0.4, -0.2) is 42.5 Å². The Balaban J connectivity index is 2.18. The van der Waals surface area contributed by atoms with Crippen LogP contribution in [0.1, 0.15) is 13.3 Å². The number of rotatable bonds is 2. The molecule has 0 aromatic rings. The maximum Gasteiger partial charge on any atom is 0.167 e. The maximum absolute atomic E-state index is 9.04. The zero-order valence-electron chi connectivity index (χ0n) is 6.42. The Hall–Kier alpha value is -0.120. The van der Waals surface area contributed by atoms with Crippen LogP contribution < -0.4 is 0 Å². The number of β-amino-alcohol motifs (C(OH)–C–C–N with tert-alkyl or cyclic N) is 1. The van der Waals surface area contributed by atoms with Gasteiger partial charge in [-0.25, -0.2) is 0 Å². The van der Waals surface area contributed by atoms with Crippen LogP contribution in [0.15, 0.2) is 0 Å². The molecule has 1 aliphatic heterocycles. The first kappa shape index (κ1) is 7.98. The van der Waals surface area contributed by atoms with E-state index in [9.17, 15) is 0 Å². The lowest BCUT2D eigenvalue weighted by atomic mass is 10.3. The predicted molar refractivity (Wildman–Crippen MR) is 38.7 cm³/mol. The molecule has 0 aromatic heterocycles. The van der Waals surface area contributed by atoms with E-state index in [4.69, 9.17) is 9.84 Å². The average Bonchev–Trinajstić information content (AvgIpc) is 1.88. The van der Waals surface area contributed by atoms with Gasteiger partial charge in [0.05, 0.1) is 6.61 Å². The number of aliphatic hydroxyl groups is 1. The molecule has 1 rings (SSSR count). The Morgan fingerprint density at radius 1 is 1.70 bits per heavy atom. The van der Waals surface area contributed by atoms with Gasteiger partial charge in [-0.05, 0) is 13.0 Å². The molecular formula is C7H15NO2. The van der Waals surface area contributed by atoms with Gasteiger partial charge in [0.25, 0.3) is 0 Å². The molecule has 1 unspecified atom stereocenters. The van der Waals surface area contributed by atoms with Crippen molar-refractivity contribution in [1.82, 2.24) is 4.90 Å². The van der Waals surface area contributed by atoms with E-state index in [1.165, 1.54) is 0 Å². The zero-order chi connectivity index (χ0) is 7.40. The van der Waals surface area contributed by atoms with E-state index in [0.717, 1.165) is 19.5 Å². The summed E-state index contributed by atoms with van der Waals surface area (Å²) >= 11 is 0. The van der Waals surface area contributed by atoms with E-state index in [1.807, 2.05) is 0 Å². The molecule has 3 nitrogen and oxygen atoms in total. The summed E-state index contributed by atoms with van der Waals surface area (Å²) in [4.78, 5) is 2.22. The maximum atomic E-state index is 9.04. The average molecular weight is 145 g/mol. The van der Waals surface area contributed by atoms with Gasteiger partial charge >= 0.3 is 0 Å². The van der Waals surface area contributed by atoms with Crippen molar-refractivity contribution in [1.29, 1.82) is 0 Å². The third-order valence-corrected chi connectivity index (χ3v) is 1.67. The highest BCUT2D eigenvalue weighted by molar-refractivity contribution is 4.62. The fourth-order valence-corrected chi connectivity index (χ4v) is 1.20. The molecule has 10 heavy (non-hydrogen) atoms. The van der Waals surface area contributed by atoms with Gasteiger partial charge in [0.1, 0.15) is 0 Å². The number of morpholine rings is 1. The highest BCUT2D eigenvalue weighted by Crippen LogP contribution is 2.02. The molecule has 1 aliphatic rings. The highest BCUT2D eigenvalue weighted by atomic mass is 16.6. The summed E-state index contributed by atoms with van der Waals surface area (Å²) < 4.78 is 4.97. The van der Waals surface area contributed by atoms with E-state index in [-0.39, 0.29) is 0 Å². The predicted octanol–water partition coefficient (Wildman–Crippen LogP) is 0.0470. The van der Waals surface area contributed by atoms with Gasteiger partial charge in [-0.1, -0.05) is 6.92 Å². The number of nitrogens with zero attached hydrogens (tertiary/aromatic N) is 1. The van der Waals surface area contributed by atoms with Crippen molar-refractivity contribution in [3.05, 3.63) is 0 Å². The van der Waals surface area contributed by atoms with Gasteiger partial charge in [-0.15, -0.1) is 0 Å². The van der Waals surface area contributed by atoms with Crippen LogP contribution in [0.5, 0.6) is 0 Å². The van der Waals surface area contributed by atoms with Crippen LogP contribution in [-0.2, 0) is 4.74 Å². The summed E-state index contributed by atoms with van der Waals surface area (Å²) in [6.07, 6.45) is 0.590. The van der Waals surface area contributed by atoms with E-state index >= 15 is 0 Å². The molecule has 60 valence electrons. The van der Waals surface area contributed by atoms with Crippen molar-refractivity contribution in [2.75, 3.05) is 26.2 Å². The summed E-state index contributed by atoms with van der Waals surface area (Å²) in [5.41, 5.74) is 0. The van der Waals surface area contributed by atoms with E-state index in [1.54, 1.807) is 0 Å². The Morgan fingerprint density at radius 2 is 2.50 bits per heavy atom. The van der Waals surface area contributed by atoms with E-state index in [0.29, 0.717) is 13.2 Å². The first-order valence-electron chi connectivity index (χ1n) is 3.85. The molecule has 1 saturated heterocycles. The summed E-state index contributed by atoms with van der Waals surface area (Å²) in [6, 6.07) is 0. The summed E-state index contributed by atoms with van der Waals surface area (Å²) in [5.74, 6) is 0. The summed E-state index contributed by atoms with van der Waals surface area (Å²) in [7, 11) is 0. The molecule has 0 aliphatic carbocycles. The lowest BCUT2D eigenvalue weighted by Crippen LogP contribution is -2.42. The van der Waals surface area contributed by atoms with Crippen molar-refractivity contribution < 1.29 is 9.84 Å². The van der Waals surface area contributed by atoms with E-state index < -0.39 is 6.29 Å². The van der Waals surface area contributed by atoms with Crippen molar-refractivity contribution in [3.63, 3.8) is 0 Å². The third kappa shape index (κ3) is 2.25. The van der Waals surface area contributed by atoms with Crippen molar-refractivity contribution in [2.24, 2.45) is 0 Å². The SMILES string of the molecule is CCCN1CCOC(O)C1. The molecule has 1 N–H and O–H groups in total. The molecule has 0 saturated carbocycles. The Labute approximate surface area is 61.6 Å². The Morgan fingerprint density at radius 3 is 3.10 bits per heavy atom. The minimum atomic E-state index is -0.555. The van der Waals surface area contributed by atoms with E-state index in [2.05, 4.69) is 11.8 Å². The van der Waals surface area contributed by atoms with Gasteiger partial charge in [-0.2, -0.15) is 0 Å². The van der Waals surface area contributed by atoms with Crippen LogP contribution in [0, 0.1) is 0 Å². The van der Waals surface area contributed by atoms with Gasteiger partial charge in [0.15, 0.2) is 6.29 Å². The quantitative estimate of drug-likeness (QED) is 0.596. The van der Waals surface area contributed by atoms with Gasteiger partial charge in [0, 0.05) is 13.1 Å². The van der Waals surface area contributed by atoms with Crippen molar-refractivity contribution in [2.45, 2.75) is 19.6 Å². The lowest BCUT2D eigenvalue weighted by Gasteiger charge is -2.29. The smallest absolute Gasteiger partial charge is 0.167 e. The zero-order valence-corrected chi connectivity index (χ0v) is 6.42. The minimum Gasteiger partial charge on any atom is -0.367 e. The van der Waals surface area contributed by atoms with Crippen LogP contribution >= 0.6 is 0 Å². The lowest BCUT2D eigenvalue weighted by molar-refractivity contribution is -0.145. The van der Waals surface area contributed by atoms with Crippen LogP contribution in [0.2, 0.25) is 0 Å². The number of aliphatic hydroxyl groups excluding tert-OH is 1. The second kappa shape index (κ2) is 3.91.